The Bertz CT molecular complexity index is 973. The molecule has 0 radical (unpaired) electrons. The fourth-order valence-electron chi connectivity index (χ4n) is 2.52. The Hall–Kier alpha value is -1.60. The third-order valence-electron chi connectivity index (χ3n) is 4.21. The van der Waals surface area contributed by atoms with Gasteiger partial charge in [0.25, 0.3) is 0 Å². The van der Waals surface area contributed by atoms with Crippen molar-refractivity contribution in [2.45, 2.75) is 8.16 Å². The molecule has 0 aromatic rings. The molecule has 2 heterocycles. The lowest BCUT2D eigenvalue weighted by molar-refractivity contribution is -0.147. The van der Waals surface area contributed by atoms with Crippen LogP contribution < -0.4 is 0 Å². The highest BCUT2D eigenvalue weighted by atomic mass is 33.1. The zero-order valence-corrected chi connectivity index (χ0v) is 24.2. The number of esters is 6. The molecule has 198 valence electrons. The molecule has 0 fully saturated rings. The average Bonchev–Trinajstić information content (AvgIpc) is 2.93. The topological polar surface area (TPSA) is 158 Å². The van der Waals surface area contributed by atoms with Crippen LogP contribution >= 0.6 is 66.7 Å². The van der Waals surface area contributed by atoms with Crippen molar-refractivity contribution in [2.75, 3.05) is 42.7 Å². The molecule has 0 aromatic heterocycles. The fourth-order valence-corrected chi connectivity index (χ4v) is 14.0. The molecule has 0 saturated heterocycles. The minimum absolute atomic E-state index is 0.184. The van der Waals surface area contributed by atoms with Crippen LogP contribution in [0.25, 0.3) is 0 Å². The van der Waals surface area contributed by atoms with Gasteiger partial charge in [-0.15, -0.1) is 0 Å². The first-order valence-electron chi connectivity index (χ1n) is 9.12. The zero-order chi connectivity index (χ0) is 27.3. The van der Waals surface area contributed by atoms with Crippen molar-refractivity contribution in [3.63, 3.8) is 0 Å². The van der Waals surface area contributed by atoms with Gasteiger partial charge in [0.15, 0.2) is 0 Å². The van der Waals surface area contributed by atoms with Crippen LogP contribution in [0.3, 0.4) is 0 Å². The number of carbonyl (C=O) groups excluding carboxylic acids is 6. The first kappa shape index (κ1) is 30.6. The van der Waals surface area contributed by atoms with Gasteiger partial charge in [0.1, 0.15) is 19.6 Å². The van der Waals surface area contributed by atoms with E-state index < -0.39 is 44.0 Å². The second kappa shape index (κ2) is 12.8. The van der Waals surface area contributed by atoms with E-state index in [1.807, 2.05) is 0 Å². The van der Waals surface area contributed by atoms with Gasteiger partial charge < -0.3 is 28.4 Å². The van der Waals surface area contributed by atoms with E-state index in [4.69, 9.17) is 28.4 Å². The fraction of sp³-hybridized carbons (Fsp3) is 0.444. The molecule has 2 rings (SSSR count). The van der Waals surface area contributed by atoms with Gasteiger partial charge >= 0.3 is 35.8 Å². The highest BCUT2D eigenvalue weighted by Gasteiger charge is 2.70. The molecule has 0 N–H and O–H groups in total. The Kier molecular flexibility index (Phi) is 10.9. The molecule has 0 unspecified atom stereocenters. The molecule has 2 atom stereocenters. The molecule has 36 heavy (non-hydrogen) atoms. The predicted molar refractivity (Wildman–Crippen MR) is 137 cm³/mol. The van der Waals surface area contributed by atoms with E-state index in [1.165, 1.54) is 0 Å². The van der Waals surface area contributed by atoms with Gasteiger partial charge in [0, 0.05) is 0 Å². The van der Waals surface area contributed by atoms with Gasteiger partial charge in [-0.2, -0.15) is 0 Å². The third-order valence-corrected chi connectivity index (χ3v) is 14.9. The van der Waals surface area contributed by atoms with E-state index >= 15 is 0 Å². The highest BCUT2D eigenvalue weighted by Crippen LogP contribution is 2.72. The third kappa shape index (κ3) is 5.33. The molecule has 0 aromatic carbocycles. The number of hydrogen-bond donors (Lipinski definition) is 0. The summed E-state index contributed by atoms with van der Waals surface area (Å²) < 4.78 is 24.9. The van der Waals surface area contributed by atoms with Crippen LogP contribution in [0.1, 0.15) is 0 Å². The summed E-state index contributed by atoms with van der Waals surface area (Å²) in [5.41, 5.74) is 0. The average molecular weight is 619 g/mol. The summed E-state index contributed by atoms with van der Waals surface area (Å²) in [6.45, 7) is 0. The van der Waals surface area contributed by atoms with Crippen molar-refractivity contribution in [1.82, 2.24) is 0 Å². The van der Waals surface area contributed by atoms with Crippen LogP contribution in [0, 0.1) is 0 Å². The Morgan fingerprint density at radius 2 is 0.750 bits per heavy atom. The maximum absolute atomic E-state index is 13.4. The first-order chi connectivity index (χ1) is 17.0. The minimum atomic E-state index is -2.07. The summed E-state index contributed by atoms with van der Waals surface area (Å²) in [6.07, 6.45) is 0. The van der Waals surface area contributed by atoms with Gasteiger partial charge in [-0.3, -0.25) is 0 Å². The molecule has 2 aliphatic heterocycles. The molecule has 0 saturated carbocycles. The summed E-state index contributed by atoms with van der Waals surface area (Å²) in [5, 5.41) is 0. The van der Waals surface area contributed by atoms with E-state index in [0.29, 0.717) is 66.7 Å². The van der Waals surface area contributed by atoms with Gasteiger partial charge in [-0.05, 0) is 21.6 Å². The summed E-state index contributed by atoms with van der Waals surface area (Å²) in [4.78, 5) is 75.8. The van der Waals surface area contributed by atoms with Crippen LogP contribution in [0.4, 0.5) is 0 Å². The number of hydrogen-bond acceptors (Lipinski definition) is 18. The standard InChI is InChI=1S/C18H18O12S6/c1-25-11(19)7-9(13(21)27-3)33-35-17(31-7,15(23)29-5)18(16(24)30-6)32-8(12(20)26-2)10(34-36-18)14(22)28-4/h1-6H3/t17-,18+. The van der Waals surface area contributed by atoms with Crippen molar-refractivity contribution in [3.8, 4) is 0 Å². The minimum Gasteiger partial charge on any atom is -0.467 e. The zero-order valence-electron chi connectivity index (χ0n) is 19.3. The lowest BCUT2D eigenvalue weighted by Gasteiger charge is -2.46. The van der Waals surface area contributed by atoms with Crippen molar-refractivity contribution < 1.29 is 57.2 Å². The largest absolute Gasteiger partial charge is 0.467 e. The highest BCUT2D eigenvalue weighted by molar-refractivity contribution is 8.84. The van der Waals surface area contributed by atoms with Crippen molar-refractivity contribution in [3.05, 3.63) is 19.6 Å². The molecule has 12 nitrogen and oxygen atoms in total. The first-order valence-corrected chi connectivity index (χ1v) is 15.0. The number of rotatable bonds is 7. The van der Waals surface area contributed by atoms with E-state index in [2.05, 4.69) is 0 Å². The van der Waals surface area contributed by atoms with E-state index in [1.54, 1.807) is 0 Å². The molecule has 2 aliphatic rings. The lowest BCUT2D eigenvalue weighted by Crippen LogP contribution is -2.57. The van der Waals surface area contributed by atoms with E-state index in [0.717, 1.165) is 42.7 Å². The quantitative estimate of drug-likeness (QED) is 0.232. The molecule has 0 aliphatic carbocycles. The van der Waals surface area contributed by atoms with Crippen molar-refractivity contribution >= 4 is 103 Å². The Morgan fingerprint density at radius 1 is 0.472 bits per heavy atom. The maximum atomic E-state index is 13.4. The van der Waals surface area contributed by atoms with Gasteiger partial charge in [0.2, 0.25) is 8.16 Å². The van der Waals surface area contributed by atoms with Crippen molar-refractivity contribution in [2.24, 2.45) is 0 Å². The maximum Gasteiger partial charge on any atom is 0.346 e. The second-order valence-corrected chi connectivity index (χ2v) is 13.7. The summed E-state index contributed by atoms with van der Waals surface area (Å²) in [7, 11) is 9.20. The molecule has 0 spiro atoms. The lowest BCUT2D eigenvalue weighted by atomic mass is 10.2. The monoisotopic (exact) mass is 618 g/mol. The molecular weight excluding hydrogens is 601 g/mol. The molecule has 18 heteroatoms. The predicted octanol–water partition coefficient (Wildman–Crippen LogP) is 2.10. The van der Waals surface area contributed by atoms with Crippen LogP contribution in [-0.4, -0.2) is 86.6 Å². The van der Waals surface area contributed by atoms with Gasteiger partial charge in [-0.1, -0.05) is 45.1 Å². The normalized spacial score (nSPS) is 23.8. The van der Waals surface area contributed by atoms with Crippen LogP contribution in [0.15, 0.2) is 19.6 Å². The Morgan fingerprint density at radius 3 is 1.00 bits per heavy atom. The van der Waals surface area contributed by atoms with Gasteiger partial charge in [0.05, 0.1) is 42.7 Å². The number of ether oxygens (including phenoxy) is 6. The number of thioether (sulfide) groups is 2. The van der Waals surface area contributed by atoms with Crippen LogP contribution in [-0.2, 0) is 57.2 Å². The Balaban J connectivity index is 2.87. The molecular formula is C18H18O12S6. The van der Waals surface area contributed by atoms with Crippen LogP contribution in [0.5, 0.6) is 0 Å². The second-order valence-electron chi connectivity index (χ2n) is 6.04. The van der Waals surface area contributed by atoms with Crippen molar-refractivity contribution in [1.29, 1.82) is 0 Å². The van der Waals surface area contributed by atoms with E-state index in [9.17, 15) is 28.8 Å². The number of methoxy groups -OCH3 is 6. The van der Waals surface area contributed by atoms with Crippen LogP contribution in [0.2, 0.25) is 0 Å². The SMILES string of the molecule is COC(=O)C1=C(C(=O)OC)S[C@@](C(=O)OC)([C@]2(C(=O)OC)SSC(C(=O)OC)=C(C(=O)OC)S2)SS1. The molecule has 0 bridgehead atoms. The Labute approximate surface area is 229 Å². The summed E-state index contributed by atoms with van der Waals surface area (Å²) in [5.74, 6) is -5.75. The number of carbonyl (C=O) groups is 6. The van der Waals surface area contributed by atoms with Gasteiger partial charge in [-0.25, -0.2) is 28.8 Å². The van der Waals surface area contributed by atoms with E-state index in [-0.39, 0.29) is 19.6 Å². The summed E-state index contributed by atoms with van der Waals surface area (Å²) >= 11 is 1.01. The smallest absolute Gasteiger partial charge is 0.346 e. The molecule has 0 amide bonds. The summed E-state index contributed by atoms with van der Waals surface area (Å²) in [6, 6.07) is 0.